The van der Waals surface area contributed by atoms with E-state index >= 15 is 0 Å². The van der Waals surface area contributed by atoms with Crippen LogP contribution in [-0.2, 0) is 6.54 Å². The van der Waals surface area contributed by atoms with Crippen LogP contribution in [0.5, 0.6) is 0 Å². The second-order valence-electron chi connectivity index (χ2n) is 6.05. The lowest BCUT2D eigenvalue weighted by molar-refractivity contribution is 0.628. The molecule has 0 atom stereocenters. The molecule has 2 aromatic carbocycles. The Labute approximate surface area is 175 Å². The van der Waals surface area contributed by atoms with Gasteiger partial charge in [-0.05, 0) is 77.9 Å². The number of nitrogens with one attached hydrogen (secondary N) is 2. The Kier molecular flexibility index (Phi) is 6.14. The summed E-state index contributed by atoms with van der Waals surface area (Å²) in [7, 11) is 0. The summed E-state index contributed by atoms with van der Waals surface area (Å²) in [6, 6.07) is 12.3. The molecule has 2 N–H and O–H groups in total. The first kappa shape index (κ1) is 19.8. The molecule has 8 heteroatoms. The standard InChI is InChI=1S/C19H17BrClFN4S/c1-11-18(20)12(2)26(25-11)10-13-4-3-5-14(8-13)23-19(27)24-15-6-7-17(22)16(21)9-15/h3-9H,10H2,1-2H3,(H2,23,24,27). The number of benzene rings is 2. The summed E-state index contributed by atoms with van der Waals surface area (Å²) in [5.74, 6) is -0.468. The van der Waals surface area contributed by atoms with E-state index in [-0.39, 0.29) is 5.02 Å². The average Bonchev–Trinajstić information content (AvgIpc) is 2.85. The van der Waals surface area contributed by atoms with Crippen LogP contribution in [0.4, 0.5) is 15.8 Å². The predicted octanol–water partition coefficient (Wildman–Crippen LogP) is 5.91. The fraction of sp³-hybridized carbons (Fsp3) is 0.158. The maximum atomic E-state index is 13.2. The largest absolute Gasteiger partial charge is 0.332 e. The third kappa shape index (κ3) is 4.86. The lowest BCUT2D eigenvalue weighted by Gasteiger charge is -2.12. The zero-order chi connectivity index (χ0) is 19.6. The lowest BCUT2D eigenvalue weighted by atomic mass is 10.2. The van der Waals surface area contributed by atoms with Gasteiger partial charge in [-0.2, -0.15) is 5.10 Å². The number of rotatable bonds is 4. The maximum Gasteiger partial charge on any atom is 0.175 e. The van der Waals surface area contributed by atoms with E-state index < -0.39 is 5.82 Å². The van der Waals surface area contributed by atoms with Crippen molar-refractivity contribution in [3.8, 4) is 0 Å². The van der Waals surface area contributed by atoms with Gasteiger partial charge in [0, 0.05) is 11.4 Å². The molecule has 27 heavy (non-hydrogen) atoms. The molecule has 3 rings (SSSR count). The number of nitrogens with zero attached hydrogens (tertiary/aromatic N) is 2. The molecule has 0 amide bonds. The molecule has 140 valence electrons. The van der Waals surface area contributed by atoms with Crippen molar-refractivity contribution in [2.45, 2.75) is 20.4 Å². The summed E-state index contributed by atoms with van der Waals surface area (Å²) < 4.78 is 16.2. The Morgan fingerprint density at radius 2 is 1.89 bits per heavy atom. The zero-order valence-electron chi connectivity index (χ0n) is 14.7. The van der Waals surface area contributed by atoms with E-state index in [1.165, 1.54) is 12.1 Å². The number of aryl methyl sites for hydroxylation is 1. The van der Waals surface area contributed by atoms with Gasteiger partial charge < -0.3 is 10.6 Å². The van der Waals surface area contributed by atoms with Gasteiger partial charge in [0.15, 0.2) is 5.11 Å². The molecule has 0 aliphatic rings. The van der Waals surface area contributed by atoms with E-state index in [4.69, 9.17) is 23.8 Å². The van der Waals surface area contributed by atoms with Gasteiger partial charge in [0.25, 0.3) is 0 Å². The van der Waals surface area contributed by atoms with Gasteiger partial charge in [-0.15, -0.1) is 0 Å². The van der Waals surface area contributed by atoms with Gasteiger partial charge in [-0.3, -0.25) is 4.68 Å². The zero-order valence-corrected chi connectivity index (χ0v) is 17.8. The maximum absolute atomic E-state index is 13.2. The molecule has 0 fully saturated rings. The van der Waals surface area contributed by atoms with E-state index in [1.807, 2.05) is 42.8 Å². The molecule has 1 aromatic heterocycles. The first-order valence-electron chi connectivity index (χ1n) is 8.15. The summed E-state index contributed by atoms with van der Waals surface area (Å²) in [6.45, 7) is 4.65. The first-order chi connectivity index (χ1) is 12.8. The summed E-state index contributed by atoms with van der Waals surface area (Å²) in [4.78, 5) is 0. The molecule has 0 saturated carbocycles. The van der Waals surface area contributed by atoms with Crippen LogP contribution in [0.25, 0.3) is 0 Å². The topological polar surface area (TPSA) is 41.9 Å². The average molecular weight is 468 g/mol. The van der Waals surface area contributed by atoms with Crippen LogP contribution in [0.3, 0.4) is 0 Å². The van der Waals surface area contributed by atoms with Crippen molar-refractivity contribution in [3.05, 3.63) is 74.7 Å². The summed E-state index contributed by atoms with van der Waals surface area (Å²) in [6.07, 6.45) is 0. The number of anilines is 2. The number of hydrogen-bond donors (Lipinski definition) is 2. The lowest BCUT2D eigenvalue weighted by Crippen LogP contribution is -2.19. The number of halogens is 3. The quantitative estimate of drug-likeness (QED) is 0.468. The van der Waals surface area contributed by atoms with Crippen molar-refractivity contribution < 1.29 is 4.39 Å². The van der Waals surface area contributed by atoms with Gasteiger partial charge in [-0.1, -0.05) is 23.7 Å². The highest BCUT2D eigenvalue weighted by Crippen LogP contribution is 2.22. The SMILES string of the molecule is Cc1nn(Cc2cccc(NC(=S)Nc3ccc(F)c(Cl)c3)c2)c(C)c1Br. The smallest absolute Gasteiger partial charge is 0.175 e. The molecule has 3 aromatic rings. The Bertz CT molecular complexity index is 1010. The highest BCUT2D eigenvalue weighted by Gasteiger charge is 2.09. The highest BCUT2D eigenvalue weighted by atomic mass is 79.9. The summed E-state index contributed by atoms with van der Waals surface area (Å²) in [5.41, 5.74) is 4.59. The minimum absolute atomic E-state index is 0.0424. The van der Waals surface area contributed by atoms with Gasteiger partial charge in [0.2, 0.25) is 0 Å². The van der Waals surface area contributed by atoms with Crippen molar-refractivity contribution in [2.24, 2.45) is 0 Å². The third-order valence-electron chi connectivity index (χ3n) is 3.99. The number of hydrogen-bond acceptors (Lipinski definition) is 2. The van der Waals surface area contributed by atoms with E-state index in [2.05, 4.69) is 31.7 Å². The van der Waals surface area contributed by atoms with Crippen molar-refractivity contribution in [1.29, 1.82) is 0 Å². The molecule has 0 aliphatic heterocycles. The second-order valence-corrected chi connectivity index (χ2v) is 7.66. The van der Waals surface area contributed by atoms with Crippen molar-refractivity contribution in [1.82, 2.24) is 9.78 Å². The van der Waals surface area contributed by atoms with Crippen LogP contribution in [0.1, 0.15) is 17.0 Å². The van der Waals surface area contributed by atoms with Crippen LogP contribution in [0.15, 0.2) is 46.9 Å². The Balaban J connectivity index is 1.68. The molecule has 0 saturated heterocycles. The summed E-state index contributed by atoms with van der Waals surface area (Å²) in [5, 5.41) is 11.1. The summed E-state index contributed by atoms with van der Waals surface area (Å²) >= 11 is 14.7. The molecule has 0 aliphatic carbocycles. The monoisotopic (exact) mass is 466 g/mol. The van der Waals surface area contributed by atoms with Gasteiger partial charge in [0.1, 0.15) is 5.82 Å². The van der Waals surface area contributed by atoms with Crippen molar-refractivity contribution >= 4 is 56.2 Å². The molecule has 0 spiro atoms. The Morgan fingerprint density at radius 1 is 1.19 bits per heavy atom. The Hall–Kier alpha value is -1.96. The van der Waals surface area contributed by atoms with Gasteiger partial charge in [0.05, 0.1) is 27.4 Å². The van der Waals surface area contributed by atoms with E-state index in [9.17, 15) is 4.39 Å². The first-order valence-corrected chi connectivity index (χ1v) is 9.73. The van der Waals surface area contributed by atoms with E-state index in [1.54, 1.807) is 6.07 Å². The minimum Gasteiger partial charge on any atom is -0.332 e. The van der Waals surface area contributed by atoms with Crippen LogP contribution in [-0.4, -0.2) is 14.9 Å². The molecule has 1 heterocycles. The highest BCUT2D eigenvalue weighted by molar-refractivity contribution is 9.10. The number of thiocarbonyl (C=S) groups is 1. The van der Waals surface area contributed by atoms with Crippen molar-refractivity contribution in [2.75, 3.05) is 10.6 Å². The van der Waals surface area contributed by atoms with E-state index in [0.29, 0.717) is 17.3 Å². The van der Waals surface area contributed by atoms with Crippen LogP contribution in [0.2, 0.25) is 5.02 Å². The van der Waals surface area contributed by atoms with Crippen LogP contribution in [0, 0.1) is 19.7 Å². The molecule has 0 unspecified atom stereocenters. The van der Waals surface area contributed by atoms with Gasteiger partial charge >= 0.3 is 0 Å². The minimum atomic E-state index is -0.468. The second kappa shape index (κ2) is 8.37. The molecule has 0 radical (unpaired) electrons. The molecular weight excluding hydrogens is 451 g/mol. The number of aromatic nitrogens is 2. The molecular formula is C19H17BrClFN4S. The molecule has 0 bridgehead atoms. The van der Waals surface area contributed by atoms with E-state index in [0.717, 1.165) is 27.1 Å². The van der Waals surface area contributed by atoms with Crippen LogP contribution >= 0.6 is 39.7 Å². The predicted molar refractivity (Wildman–Crippen MR) is 116 cm³/mol. The fourth-order valence-electron chi connectivity index (χ4n) is 2.62. The Morgan fingerprint density at radius 3 is 2.52 bits per heavy atom. The third-order valence-corrected chi connectivity index (χ3v) is 5.63. The van der Waals surface area contributed by atoms with Crippen molar-refractivity contribution in [3.63, 3.8) is 0 Å². The normalized spacial score (nSPS) is 10.7. The fourth-order valence-corrected chi connectivity index (χ4v) is 3.32. The van der Waals surface area contributed by atoms with Crippen LogP contribution < -0.4 is 10.6 Å². The van der Waals surface area contributed by atoms with Gasteiger partial charge in [-0.25, -0.2) is 4.39 Å². The molecule has 4 nitrogen and oxygen atoms in total.